The molecule has 0 aliphatic carbocycles. The van der Waals surface area contributed by atoms with Gasteiger partial charge >= 0.3 is 0 Å². The summed E-state index contributed by atoms with van der Waals surface area (Å²) in [4.78, 5) is -0.497. The molecule has 5 heteroatoms. The van der Waals surface area contributed by atoms with E-state index in [0.29, 0.717) is 0 Å². The number of alkyl halides is 1. The smallest absolute Gasteiger partial charge is 0.0920 e. The van der Waals surface area contributed by atoms with Crippen LogP contribution in [0.25, 0.3) is 0 Å². The third-order valence-electron chi connectivity index (χ3n) is 5.54. The first-order chi connectivity index (χ1) is 12.1. The highest BCUT2D eigenvalue weighted by molar-refractivity contribution is 6.26. The minimum atomic E-state index is -0.497. The molecule has 2 fully saturated rings. The molecule has 0 aromatic heterocycles. The first kappa shape index (κ1) is 18.9. The van der Waals surface area contributed by atoms with Gasteiger partial charge in [0, 0.05) is 32.1 Å². The molecular weight excluding hydrogens is 332 g/mol. The number of hydrogen-bond acceptors (Lipinski definition) is 4. The molecule has 2 aliphatic heterocycles. The molecule has 4 N–H and O–H groups in total. The lowest BCUT2D eigenvalue weighted by atomic mass is 9.77. The molecule has 0 bridgehead atoms. The van der Waals surface area contributed by atoms with Crippen LogP contribution in [0.4, 0.5) is 0 Å². The van der Waals surface area contributed by atoms with Crippen molar-refractivity contribution in [3.63, 3.8) is 0 Å². The summed E-state index contributed by atoms with van der Waals surface area (Å²) in [5.41, 5.74) is 4.00. The van der Waals surface area contributed by atoms with Crippen LogP contribution in [0.3, 0.4) is 0 Å². The predicted molar refractivity (Wildman–Crippen MR) is 106 cm³/mol. The Morgan fingerprint density at radius 1 is 1.08 bits per heavy atom. The standard InChI is InChI=1S/C20H31ClN4/c1-4-14(2)17(20(3,21)19-24-12-13-25-19)16(18-22-10-11-23-18)15-8-6-5-7-9-15/h5-9,16,18-19,22-25H,4,10-13H2,1-3H3. The quantitative estimate of drug-likeness (QED) is 0.464. The van der Waals surface area contributed by atoms with Crippen molar-refractivity contribution in [1.29, 1.82) is 0 Å². The molecule has 4 nitrogen and oxygen atoms in total. The van der Waals surface area contributed by atoms with Gasteiger partial charge in [0.15, 0.2) is 0 Å². The van der Waals surface area contributed by atoms with E-state index in [9.17, 15) is 0 Å². The molecule has 2 saturated heterocycles. The fourth-order valence-corrected chi connectivity index (χ4v) is 4.60. The van der Waals surface area contributed by atoms with Crippen LogP contribution in [0.15, 0.2) is 41.5 Å². The molecular formula is C20H31ClN4. The zero-order valence-corrected chi connectivity index (χ0v) is 16.3. The molecule has 25 heavy (non-hydrogen) atoms. The Labute approximate surface area is 156 Å². The summed E-state index contributed by atoms with van der Waals surface area (Å²) < 4.78 is 0. The minimum absolute atomic E-state index is 0.0817. The van der Waals surface area contributed by atoms with Gasteiger partial charge < -0.3 is 0 Å². The summed E-state index contributed by atoms with van der Waals surface area (Å²) in [6.45, 7) is 10.5. The number of hydrogen-bond donors (Lipinski definition) is 4. The van der Waals surface area contributed by atoms with Crippen molar-refractivity contribution < 1.29 is 0 Å². The Bertz CT molecular complexity index is 587. The Balaban J connectivity index is 2.07. The lowest BCUT2D eigenvalue weighted by Crippen LogP contribution is -2.53. The molecule has 2 atom stereocenters. The van der Waals surface area contributed by atoms with Crippen molar-refractivity contribution in [3.8, 4) is 0 Å². The molecule has 0 spiro atoms. The maximum atomic E-state index is 7.27. The van der Waals surface area contributed by atoms with Crippen LogP contribution in [0.5, 0.6) is 0 Å². The second-order valence-corrected chi connectivity index (χ2v) is 8.02. The van der Waals surface area contributed by atoms with Crippen molar-refractivity contribution >= 4 is 11.6 Å². The van der Waals surface area contributed by atoms with Crippen molar-refractivity contribution in [3.05, 3.63) is 47.0 Å². The van der Waals surface area contributed by atoms with Crippen molar-refractivity contribution in [2.45, 2.75) is 50.3 Å². The topological polar surface area (TPSA) is 48.1 Å². The molecule has 1 aromatic carbocycles. The fraction of sp³-hybridized carbons (Fsp3) is 0.600. The monoisotopic (exact) mass is 362 g/mol. The Morgan fingerprint density at radius 2 is 1.64 bits per heavy atom. The van der Waals surface area contributed by atoms with Crippen molar-refractivity contribution in [2.75, 3.05) is 26.2 Å². The minimum Gasteiger partial charge on any atom is -0.300 e. The Morgan fingerprint density at radius 3 is 2.20 bits per heavy atom. The van der Waals surface area contributed by atoms with Gasteiger partial charge in [-0.2, -0.15) is 0 Å². The summed E-state index contributed by atoms with van der Waals surface area (Å²) in [6.07, 6.45) is 1.29. The normalized spacial score (nSPS) is 24.2. The molecule has 138 valence electrons. The lowest BCUT2D eigenvalue weighted by molar-refractivity contribution is 0.403. The Hall–Kier alpha value is -0.910. The van der Waals surface area contributed by atoms with E-state index in [2.05, 4.69) is 72.4 Å². The van der Waals surface area contributed by atoms with E-state index in [0.717, 1.165) is 32.6 Å². The SMILES string of the molecule is CCC(C)=C(C(c1ccccc1)C1NCCN1)C(C)(Cl)C1NCCN1. The maximum Gasteiger partial charge on any atom is 0.0920 e. The zero-order chi connectivity index (χ0) is 17.9. The van der Waals surface area contributed by atoms with E-state index in [-0.39, 0.29) is 18.2 Å². The lowest BCUT2D eigenvalue weighted by Gasteiger charge is -2.40. The summed E-state index contributed by atoms with van der Waals surface area (Å²) in [7, 11) is 0. The molecule has 2 unspecified atom stereocenters. The van der Waals surface area contributed by atoms with Crippen LogP contribution < -0.4 is 21.3 Å². The summed E-state index contributed by atoms with van der Waals surface area (Å²) in [5.74, 6) is 0.204. The average molecular weight is 363 g/mol. The number of halogens is 1. The van der Waals surface area contributed by atoms with E-state index in [1.54, 1.807) is 0 Å². The molecule has 0 saturated carbocycles. The first-order valence-electron chi connectivity index (χ1n) is 9.43. The first-order valence-corrected chi connectivity index (χ1v) is 9.81. The van der Waals surface area contributed by atoms with Gasteiger partial charge in [-0.1, -0.05) is 42.8 Å². The van der Waals surface area contributed by atoms with Gasteiger partial charge in [-0.25, -0.2) is 0 Å². The van der Waals surface area contributed by atoms with Gasteiger partial charge in [-0.3, -0.25) is 21.3 Å². The third-order valence-corrected chi connectivity index (χ3v) is 5.96. The second kappa shape index (κ2) is 8.19. The van der Waals surface area contributed by atoms with Gasteiger partial charge in [0.25, 0.3) is 0 Å². The third kappa shape index (κ3) is 3.93. The number of benzene rings is 1. The zero-order valence-electron chi connectivity index (χ0n) is 15.5. The average Bonchev–Trinajstić information content (AvgIpc) is 3.33. The van der Waals surface area contributed by atoms with Gasteiger partial charge in [0.1, 0.15) is 0 Å². The second-order valence-electron chi connectivity index (χ2n) is 7.24. The maximum absolute atomic E-state index is 7.27. The van der Waals surface area contributed by atoms with Crippen molar-refractivity contribution in [2.24, 2.45) is 0 Å². The van der Waals surface area contributed by atoms with Crippen LogP contribution >= 0.6 is 11.6 Å². The molecule has 0 radical (unpaired) electrons. The van der Waals surface area contributed by atoms with E-state index in [1.165, 1.54) is 16.7 Å². The van der Waals surface area contributed by atoms with Crippen molar-refractivity contribution in [1.82, 2.24) is 21.3 Å². The number of allylic oxidation sites excluding steroid dienone is 1. The Kier molecular flexibility index (Phi) is 6.18. The van der Waals surface area contributed by atoms with Crippen LogP contribution in [0.2, 0.25) is 0 Å². The highest BCUT2D eigenvalue weighted by atomic mass is 35.5. The molecule has 2 heterocycles. The number of nitrogens with one attached hydrogen (secondary N) is 4. The van der Waals surface area contributed by atoms with Crippen LogP contribution in [-0.4, -0.2) is 43.4 Å². The molecule has 1 aromatic rings. The molecule has 3 rings (SSSR count). The van der Waals surface area contributed by atoms with Gasteiger partial charge in [0.05, 0.1) is 17.2 Å². The van der Waals surface area contributed by atoms with E-state index < -0.39 is 4.87 Å². The largest absolute Gasteiger partial charge is 0.300 e. The molecule has 0 amide bonds. The van der Waals surface area contributed by atoms with Gasteiger partial charge in [-0.05, 0) is 31.4 Å². The van der Waals surface area contributed by atoms with Crippen LogP contribution in [0.1, 0.15) is 38.7 Å². The molecule has 2 aliphatic rings. The van der Waals surface area contributed by atoms with Gasteiger partial charge in [0.2, 0.25) is 0 Å². The van der Waals surface area contributed by atoms with E-state index >= 15 is 0 Å². The summed E-state index contributed by atoms with van der Waals surface area (Å²) >= 11 is 7.27. The summed E-state index contributed by atoms with van der Waals surface area (Å²) in [5, 5.41) is 14.3. The number of rotatable bonds is 6. The highest BCUT2D eigenvalue weighted by Crippen LogP contribution is 2.43. The van der Waals surface area contributed by atoms with Crippen LogP contribution in [0, 0.1) is 0 Å². The van der Waals surface area contributed by atoms with Gasteiger partial charge in [-0.15, -0.1) is 11.6 Å². The van der Waals surface area contributed by atoms with Crippen LogP contribution in [-0.2, 0) is 0 Å². The predicted octanol–water partition coefficient (Wildman–Crippen LogP) is 2.53. The fourth-order valence-electron chi connectivity index (χ4n) is 4.17. The van der Waals surface area contributed by atoms with E-state index in [4.69, 9.17) is 11.6 Å². The highest BCUT2D eigenvalue weighted by Gasteiger charge is 2.44. The summed E-state index contributed by atoms with van der Waals surface area (Å²) in [6, 6.07) is 10.8. The van der Waals surface area contributed by atoms with E-state index in [1.807, 2.05) is 0 Å².